The maximum atomic E-state index is 13.1. The largest absolute Gasteiger partial charge is 0.394 e. The van der Waals surface area contributed by atoms with Crippen molar-refractivity contribution in [1.82, 2.24) is 5.32 Å². The number of aliphatic hydroxyl groups is 5. The van der Waals surface area contributed by atoms with E-state index in [1.807, 2.05) is 0 Å². The van der Waals surface area contributed by atoms with Crippen LogP contribution in [0.2, 0.25) is 0 Å². The van der Waals surface area contributed by atoms with Gasteiger partial charge in [-0.15, -0.1) is 0 Å². The highest BCUT2D eigenvalue weighted by Gasteiger charge is 2.44. The number of nitrogens with one attached hydrogen (secondary N) is 1. The Morgan fingerprint density at radius 3 is 1.35 bits per heavy atom. The third kappa shape index (κ3) is 37.9. The summed E-state index contributed by atoms with van der Waals surface area (Å²) in [4.78, 5) is 13.1. The van der Waals surface area contributed by atoms with Crippen molar-refractivity contribution in [3.8, 4) is 0 Å². The smallest absolute Gasteiger partial charge is 0.220 e. The highest BCUT2D eigenvalue weighted by molar-refractivity contribution is 5.76. The summed E-state index contributed by atoms with van der Waals surface area (Å²) < 4.78 is 11.3. The van der Waals surface area contributed by atoms with E-state index < -0.39 is 49.5 Å². The standard InChI is InChI=1S/C59H109NO8/c1-3-5-7-9-11-13-15-17-19-21-23-25-26-27-28-29-31-33-35-37-39-41-43-45-47-49-55(63)60-52(51-67-59-58(66)57(65)56(64)54(50-61)68-59)53(62)48-46-44-42-40-38-36-34-32-30-24-22-20-18-16-14-12-10-8-6-4-2/h5,7,11,13,17,19,23,25,52-54,56-59,61-62,64-66H,3-4,6,8-10,12,14-16,18,20-22,24,26-51H2,1-2H3,(H,60,63)/b7-5-,13-11-,19-17-,25-23-. The van der Waals surface area contributed by atoms with Crippen LogP contribution in [0.1, 0.15) is 264 Å². The molecular formula is C59H109NO8. The van der Waals surface area contributed by atoms with Gasteiger partial charge in [-0.2, -0.15) is 0 Å². The van der Waals surface area contributed by atoms with Crippen LogP contribution in [0.15, 0.2) is 48.6 Å². The lowest BCUT2D eigenvalue weighted by molar-refractivity contribution is -0.302. The van der Waals surface area contributed by atoms with Crippen molar-refractivity contribution in [1.29, 1.82) is 0 Å². The number of hydrogen-bond acceptors (Lipinski definition) is 8. The van der Waals surface area contributed by atoms with Gasteiger partial charge in [0.15, 0.2) is 6.29 Å². The molecule has 398 valence electrons. The molecule has 0 aromatic heterocycles. The summed E-state index contributed by atoms with van der Waals surface area (Å²) in [5.41, 5.74) is 0. The first-order valence-electron chi connectivity index (χ1n) is 28.8. The summed E-state index contributed by atoms with van der Waals surface area (Å²) >= 11 is 0. The minimum Gasteiger partial charge on any atom is -0.394 e. The van der Waals surface area contributed by atoms with Gasteiger partial charge in [-0.1, -0.05) is 255 Å². The fraction of sp³-hybridized carbons (Fsp3) is 0.847. The van der Waals surface area contributed by atoms with Crippen LogP contribution >= 0.6 is 0 Å². The van der Waals surface area contributed by atoms with Gasteiger partial charge in [-0.3, -0.25) is 4.79 Å². The lowest BCUT2D eigenvalue weighted by Crippen LogP contribution is -2.60. The van der Waals surface area contributed by atoms with Crippen LogP contribution in [0.3, 0.4) is 0 Å². The first-order chi connectivity index (χ1) is 33.3. The Hall–Kier alpha value is -1.85. The van der Waals surface area contributed by atoms with E-state index in [9.17, 15) is 30.3 Å². The third-order valence-corrected chi connectivity index (χ3v) is 13.7. The van der Waals surface area contributed by atoms with E-state index in [0.717, 1.165) is 64.2 Å². The van der Waals surface area contributed by atoms with E-state index in [1.54, 1.807) is 0 Å². The van der Waals surface area contributed by atoms with Gasteiger partial charge < -0.3 is 40.3 Å². The number of ether oxygens (including phenoxy) is 2. The Kier molecular flexibility index (Phi) is 46.0. The molecule has 0 bridgehead atoms. The predicted molar refractivity (Wildman–Crippen MR) is 286 cm³/mol. The van der Waals surface area contributed by atoms with Crippen LogP contribution in [0.4, 0.5) is 0 Å². The normalized spacial score (nSPS) is 19.9. The molecule has 0 aliphatic carbocycles. The number of aliphatic hydroxyl groups excluding tert-OH is 5. The van der Waals surface area contributed by atoms with Gasteiger partial charge in [0, 0.05) is 6.42 Å². The summed E-state index contributed by atoms with van der Waals surface area (Å²) in [5, 5.41) is 54.7. The molecule has 1 rings (SSSR count). The van der Waals surface area contributed by atoms with Crippen LogP contribution < -0.4 is 5.32 Å². The zero-order valence-corrected chi connectivity index (χ0v) is 44.1. The third-order valence-electron chi connectivity index (χ3n) is 13.7. The number of hydrogen-bond donors (Lipinski definition) is 6. The van der Waals surface area contributed by atoms with Crippen LogP contribution in [-0.2, 0) is 14.3 Å². The van der Waals surface area contributed by atoms with Crippen molar-refractivity contribution in [3.05, 3.63) is 48.6 Å². The minimum absolute atomic E-state index is 0.138. The fourth-order valence-corrected chi connectivity index (χ4v) is 9.15. The molecule has 1 amide bonds. The molecule has 1 aliphatic rings. The molecule has 6 N–H and O–H groups in total. The van der Waals surface area contributed by atoms with E-state index in [2.05, 4.69) is 67.8 Å². The molecule has 68 heavy (non-hydrogen) atoms. The van der Waals surface area contributed by atoms with Crippen LogP contribution in [0.25, 0.3) is 0 Å². The Morgan fingerprint density at radius 2 is 0.912 bits per heavy atom. The zero-order chi connectivity index (χ0) is 49.4. The average Bonchev–Trinajstić information content (AvgIpc) is 3.34. The van der Waals surface area contributed by atoms with Crippen LogP contribution in [-0.4, -0.2) is 87.5 Å². The molecular weight excluding hydrogens is 851 g/mol. The number of carbonyl (C=O) groups is 1. The molecule has 1 fully saturated rings. The van der Waals surface area contributed by atoms with E-state index >= 15 is 0 Å². The van der Waals surface area contributed by atoms with Crippen molar-refractivity contribution < 1.29 is 39.8 Å². The number of amides is 1. The topological polar surface area (TPSA) is 149 Å². The Bertz CT molecular complexity index is 1210. The molecule has 1 heterocycles. The molecule has 7 unspecified atom stereocenters. The SMILES string of the molecule is CC/C=C\C/C=C\C/C=C\C/C=C\CCCCCCCCCCCCCCC(=O)NC(COC1OC(CO)C(O)C(O)C1O)C(O)CCCCCCCCCCCCCCCCCCCCCC. The summed E-state index contributed by atoms with van der Waals surface area (Å²) in [5.74, 6) is -0.145. The highest BCUT2D eigenvalue weighted by atomic mass is 16.7. The van der Waals surface area contributed by atoms with Crippen molar-refractivity contribution in [2.75, 3.05) is 13.2 Å². The monoisotopic (exact) mass is 960 g/mol. The van der Waals surface area contributed by atoms with Gasteiger partial charge in [0.2, 0.25) is 5.91 Å². The van der Waals surface area contributed by atoms with Gasteiger partial charge in [-0.05, 0) is 51.4 Å². The Labute approximate surface area is 418 Å². The lowest BCUT2D eigenvalue weighted by Gasteiger charge is -2.40. The van der Waals surface area contributed by atoms with Crippen molar-refractivity contribution in [3.63, 3.8) is 0 Å². The second kappa shape index (κ2) is 48.8. The number of rotatable bonds is 49. The second-order valence-electron chi connectivity index (χ2n) is 20.1. The summed E-state index contributed by atoms with van der Waals surface area (Å²) in [6, 6.07) is -0.722. The maximum Gasteiger partial charge on any atom is 0.220 e. The van der Waals surface area contributed by atoms with Gasteiger partial charge in [0.25, 0.3) is 0 Å². The quantitative estimate of drug-likeness (QED) is 0.0261. The summed E-state index contributed by atoms with van der Waals surface area (Å²) in [6.45, 7) is 3.75. The molecule has 9 heteroatoms. The molecule has 7 atom stereocenters. The molecule has 0 aromatic carbocycles. The van der Waals surface area contributed by atoms with Crippen molar-refractivity contribution in [2.24, 2.45) is 0 Å². The van der Waals surface area contributed by atoms with E-state index in [1.165, 1.54) is 173 Å². The van der Waals surface area contributed by atoms with Crippen molar-refractivity contribution >= 4 is 5.91 Å². The minimum atomic E-state index is -1.55. The first kappa shape index (κ1) is 64.2. The van der Waals surface area contributed by atoms with Gasteiger partial charge >= 0.3 is 0 Å². The molecule has 0 radical (unpaired) electrons. The molecule has 9 nitrogen and oxygen atoms in total. The number of carbonyl (C=O) groups excluding carboxylic acids is 1. The molecule has 0 spiro atoms. The number of unbranched alkanes of at least 4 members (excludes halogenated alkanes) is 31. The van der Waals surface area contributed by atoms with Gasteiger partial charge in [0.1, 0.15) is 24.4 Å². The second-order valence-corrected chi connectivity index (χ2v) is 20.1. The van der Waals surface area contributed by atoms with E-state index in [0.29, 0.717) is 12.8 Å². The van der Waals surface area contributed by atoms with Gasteiger partial charge in [-0.25, -0.2) is 0 Å². The Morgan fingerprint density at radius 1 is 0.515 bits per heavy atom. The average molecular weight is 961 g/mol. The molecule has 1 saturated heterocycles. The predicted octanol–water partition coefficient (Wildman–Crippen LogP) is 14.1. The van der Waals surface area contributed by atoms with Crippen molar-refractivity contribution in [2.45, 2.75) is 307 Å². The van der Waals surface area contributed by atoms with Gasteiger partial charge in [0.05, 0.1) is 25.4 Å². The lowest BCUT2D eigenvalue weighted by atomic mass is 9.99. The van der Waals surface area contributed by atoms with E-state index in [4.69, 9.17) is 9.47 Å². The zero-order valence-electron chi connectivity index (χ0n) is 44.1. The molecule has 0 aromatic rings. The molecule has 1 aliphatic heterocycles. The summed E-state index contributed by atoms with van der Waals surface area (Å²) in [7, 11) is 0. The van der Waals surface area contributed by atoms with Crippen LogP contribution in [0, 0.1) is 0 Å². The number of allylic oxidation sites excluding steroid dienone is 8. The fourth-order valence-electron chi connectivity index (χ4n) is 9.15. The summed E-state index contributed by atoms with van der Waals surface area (Å²) in [6.07, 6.45) is 57.0. The van der Waals surface area contributed by atoms with Crippen LogP contribution in [0.5, 0.6) is 0 Å². The highest BCUT2D eigenvalue weighted by Crippen LogP contribution is 2.23. The molecule has 0 saturated carbocycles. The maximum absolute atomic E-state index is 13.1. The first-order valence-corrected chi connectivity index (χ1v) is 28.8. The van der Waals surface area contributed by atoms with E-state index in [-0.39, 0.29) is 12.5 Å². The Balaban J connectivity index is 2.20.